The van der Waals surface area contributed by atoms with Gasteiger partial charge in [-0.25, -0.2) is 0 Å². The fraction of sp³-hybridized carbons (Fsp3) is 0.0909. The molecular weight excluding hydrogens is 601 g/mol. The van der Waals surface area contributed by atoms with Crippen LogP contribution in [0.2, 0.25) is 0 Å². The molecule has 5 heteroatoms. The number of allylic oxidation sites excluding steroid dienone is 4. The normalized spacial score (nSPS) is 18.2. The molecule has 5 aromatic carbocycles. The Bertz CT molecular complexity index is 2760. The Balaban J connectivity index is 1.24. The smallest absolute Gasteiger partial charge is 0.160 e. The molecule has 0 N–H and O–H groups in total. The number of rotatable bonds is 3. The lowest BCUT2D eigenvalue weighted by Gasteiger charge is -2.32. The Morgan fingerprint density at radius 2 is 1.53 bits per heavy atom. The zero-order valence-corrected chi connectivity index (χ0v) is 26.5. The number of anilines is 1. The number of furan rings is 1. The highest BCUT2D eigenvalue weighted by Crippen LogP contribution is 2.50. The van der Waals surface area contributed by atoms with Gasteiger partial charge in [0.25, 0.3) is 0 Å². The molecular formula is C44H28N4O. The van der Waals surface area contributed by atoms with Gasteiger partial charge in [0.15, 0.2) is 5.58 Å². The molecule has 1 aliphatic heterocycles. The van der Waals surface area contributed by atoms with Crippen molar-refractivity contribution >= 4 is 49.4 Å². The third-order valence-corrected chi connectivity index (χ3v) is 10.5. The summed E-state index contributed by atoms with van der Waals surface area (Å²) in [5.41, 5.74) is 11.7. The lowest BCUT2D eigenvalue weighted by molar-refractivity contribution is 0.655. The van der Waals surface area contributed by atoms with Crippen molar-refractivity contribution in [3.05, 3.63) is 156 Å². The van der Waals surface area contributed by atoms with Crippen molar-refractivity contribution in [3.63, 3.8) is 0 Å². The Labute approximate surface area is 282 Å². The number of aromatic nitrogens is 1. The van der Waals surface area contributed by atoms with Crippen LogP contribution in [0.1, 0.15) is 18.4 Å². The summed E-state index contributed by atoms with van der Waals surface area (Å²) in [5, 5.41) is 24.2. The summed E-state index contributed by atoms with van der Waals surface area (Å²) in [7, 11) is 0. The molecule has 2 aromatic heterocycles. The van der Waals surface area contributed by atoms with Gasteiger partial charge >= 0.3 is 0 Å². The van der Waals surface area contributed by atoms with Crippen LogP contribution in [0.15, 0.2) is 155 Å². The average molecular weight is 629 g/mol. The van der Waals surface area contributed by atoms with Gasteiger partial charge in [0, 0.05) is 55.5 Å². The van der Waals surface area contributed by atoms with E-state index in [1.807, 2.05) is 24.3 Å². The Kier molecular flexibility index (Phi) is 5.89. The quantitative estimate of drug-likeness (QED) is 0.195. The maximum Gasteiger partial charge on any atom is 0.160 e. The minimum atomic E-state index is 0.00798. The first-order valence-electron chi connectivity index (χ1n) is 16.7. The number of fused-ring (bicyclic) bond motifs is 9. The molecule has 230 valence electrons. The van der Waals surface area contributed by atoms with Crippen LogP contribution in [0.25, 0.3) is 60.6 Å². The fourth-order valence-electron chi connectivity index (χ4n) is 8.38. The number of benzene rings is 5. The summed E-state index contributed by atoms with van der Waals surface area (Å²) < 4.78 is 9.38. The number of hydrogen-bond acceptors (Lipinski definition) is 4. The topological polar surface area (TPSA) is 68.9 Å². The third kappa shape index (κ3) is 3.91. The van der Waals surface area contributed by atoms with E-state index in [4.69, 9.17) is 4.42 Å². The maximum atomic E-state index is 10.1. The van der Waals surface area contributed by atoms with E-state index in [-0.39, 0.29) is 12.0 Å². The minimum absolute atomic E-state index is 0.00798. The van der Waals surface area contributed by atoms with E-state index in [1.165, 1.54) is 11.0 Å². The van der Waals surface area contributed by atoms with E-state index in [9.17, 15) is 10.5 Å². The van der Waals surface area contributed by atoms with Crippen molar-refractivity contribution in [3.8, 4) is 29.0 Å². The monoisotopic (exact) mass is 628 g/mol. The van der Waals surface area contributed by atoms with E-state index in [0.717, 1.165) is 79.4 Å². The number of nitriles is 2. The van der Waals surface area contributed by atoms with Gasteiger partial charge in [-0.15, -0.1) is 0 Å². The van der Waals surface area contributed by atoms with Crippen LogP contribution < -0.4 is 4.90 Å². The van der Waals surface area contributed by atoms with E-state index in [2.05, 4.69) is 131 Å². The molecule has 0 saturated heterocycles. The second kappa shape index (κ2) is 10.5. The van der Waals surface area contributed by atoms with Gasteiger partial charge in [-0.1, -0.05) is 85.0 Å². The first-order chi connectivity index (χ1) is 24.2. The summed E-state index contributed by atoms with van der Waals surface area (Å²) in [6, 6.07) is 40.5. The minimum Gasteiger partial charge on any atom is -0.453 e. The van der Waals surface area contributed by atoms with Crippen molar-refractivity contribution in [1.29, 1.82) is 10.5 Å². The summed E-state index contributed by atoms with van der Waals surface area (Å²) in [6.45, 7) is 0. The van der Waals surface area contributed by atoms with Gasteiger partial charge in [-0.2, -0.15) is 10.5 Å². The Morgan fingerprint density at radius 3 is 2.41 bits per heavy atom. The molecule has 10 rings (SSSR count). The van der Waals surface area contributed by atoms with E-state index < -0.39 is 0 Å². The molecule has 0 amide bonds. The molecule has 0 bridgehead atoms. The SMILES string of the molecule is N#CC1=CC2C3=C(C=CCC3)N(c3cc(C#N)ccc3-c3cccc4c3oc3c4ccc4c5ccccc5n(-c5ccccc5)c43)C2C=C1. The van der Waals surface area contributed by atoms with Crippen LogP contribution in [-0.2, 0) is 0 Å². The first kappa shape index (κ1) is 27.5. The molecule has 3 aliphatic rings. The summed E-state index contributed by atoms with van der Waals surface area (Å²) in [4.78, 5) is 2.37. The molecule has 0 fully saturated rings. The molecule has 0 saturated carbocycles. The zero-order chi connectivity index (χ0) is 32.6. The van der Waals surface area contributed by atoms with Crippen molar-refractivity contribution in [2.24, 2.45) is 5.92 Å². The lowest BCUT2D eigenvalue weighted by atomic mass is 9.85. The highest BCUT2D eigenvalue weighted by molar-refractivity contribution is 6.22. The van der Waals surface area contributed by atoms with Crippen LogP contribution in [-0.4, -0.2) is 10.6 Å². The summed E-state index contributed by atoms with van der Waals surface area (Å²) in [6.07, 6.45) is 12.6. The van der Waals surface area contributed by atoms with Gasteiger partial charge in [0.05, 0.1) is 40.5 Å². The van der Waals surface area contributed by atoms with Crippen LogP contribution in [0.4, 0.5) is 5.69 Å². The van der Waals surface area contributed by atoms with Gasteiger partial charge in [0.1, 0.15) is 5.58 Å². The van der Waals surface area contributed by atoms with E-state index in [1.54, 1.807) is 0 Å². The predicted octanol–water partition coefficient (Wildman–Crippen LogP) is 10.7. The molecule has 3 heterocycles. The maximum absolute atomic E-state index is 10.1. The fourth-order valence-corrected chi connectivity index (χ4v) is 8.38. The van der Waals surface area contributed by atoms with Gasteiger partial charge < -0.3 is 13.9 Å². The second-order valence-corrected chi connectivity index (χ2v) is 13.0. The first-order valence-corrected chi connectivity index (χ1v) is 16.7. The van der Waals surface area contributed by atoms with Crippen LogP contribution >= 0.6 is 0 Å². The van der Waals surface area contributed by atoms with Crippen molar-refractivity contribution in [2.75, 3.05) is 4.90 Å². The highest BCUT2D eigenvalue weighted by atomic mass is 16.3. The van der Waals surface area contributed by atoms with Gasteiger partial charge in [-0.05, 0) is 67.0 Å². The van der Waals surface area contributed by atoms with Gasteiger partial charge in [0.2, 0.25) is 0 Å². The molecule has 2 atom stereocenters. The number of para-hydroxylation sites is 3. The van der Waals surface area contributed by atoms with Crippen LogP contribution in [0, 0.1) is 28.6 Å². The molecule has 2 aliphatic carbocycles. The largest absolute Gasteiger partial charge is 0.453 e. The molecule has 7 aromatic rings. The van der Waals surface area contributed by atoms with Crippen molar-refractivity contribution in [1.82, 2.24) is 4.57 Å². The summed E-state index contributed by atoms with van der Waals surface area (Å²) >= 11 is 0. The summed E-state index contributed by atoms with van der Waals surface area (Å²) in [5.74, 6) is 0.105. The van der Waals surface area contributed by atoms with Crippen molar-refractivity contribution < 1.29 is 4.42 Å². The molecule has 49 heavy (non-hydrogen) atoms. The standard InChI is InChI=1S/C44H28N4O/c45-25-27-18-22-40-37(23-27)31-12-5-7-16-39(31)48(40)41-24-28(26-46)17-19-32(41)34-13-8-14-35-36-21-20-33-30-11-4-6-15-38(30)47(29-9-2-1-3-10-29)42(33)44(36)49-43(34)35/h1-4,6-11,13-24,37,40H,5,12H2. The molecule has 0 spiro atoms. The molecule has 0 radical (unpaired) electrons. The Morgan fingerprint density at radius 1 is 0.714 bits per heavy atom. The molecule has 5 nitrogen and oxygen atoms in total. The highest BCUT2D eigenvalue weighted by Gasteiger charge is 2.41. The van der Waals surface area contributed by atoms with E-state index >= 15 is 0 Å². The predicted molar refractivity (Wildman–Crippen MR) is 196 cm³/mol. The number of nitrogens with zero attached hydrogens (tertiary/aromatic N) is 4. The van der Waals surface area contributed by atoms with Crippen molar-refractivity contribution in [2.45, 2.75) is 18.9 Å². The van der Waals surface area contributed by atoms with Crippen LogP contribution in [0.3, 0.4) is 0 Å². The van der Waals surface area contributed by atoms with Gasteiger partial charge in [-0.3, -0.25) is 0 Å². The van der Waals surface area contributed by atoms with Crippen LogP contribution in [0.5, 0.6) is 0 Å². The molecule has 2 unspecified atom stereocenters. The third-order valence-electron chi connectivity index (χ3n) is 10.5. The second-order valence-electron chi connectivity index (χ2n) is 13.0. The zero-order valence-electron chi connectivity index (χ0n) is 26.5. The Hall–Kier alpha value is -6.56. The van der Waals surface area contributed by atoms with E-state index in [0.29, 0.717) is 11.1 Å². The average Bonchev–Trinajstić information content (AvgIpc) is 3.82. The lowest BCUT2D eigenvalue weighted by Crippen LogP contribution is -2.33. The number of hydrogen-bond donors (Lipinski definition) is 0.